The van der Waals surface area contributed by atoms with Gasteiger partial charge in [0, 0.05) is 19.5 Å². The summed E-state index contributed by atoms with van der Waals surface area (Å²) in [5.41, 5.74) is -2.19. The van der Waals surface area contributed by atoms with Gasteiger partial charge < -0.3 is 26.2 Å². The molecule has 5 amide bonds. The number of fused-ring (bicyclic) bond motifs is 1. The Morgan fingerprint density at radius 3 is 2.12 bits per heavy atom. The van der Waals surface area contributed by atoms with Crippen molar-refractivity contribution >= 4 is 39.4 Å². The third-order valence-electron chi connectivity index (χ3n) is 9.71. The fourth-order valence-electron chi connectivity index (χ4n) is 6.92. The van der Waals surface area contributed by atoms with Crippen LogP contribution < -0.4 is 21.3 Å². The standard InChI is InChI=1S/C36H59N5O7S/c1-14-16-17-24(27(42)30(44)37-18-15-2)38-29(43)26-25-23(35(25,11)12)20-41(26)31(45)28(33(5,6)7)39-32(46)40-36(13,19-22(3)4)21-49(47,48)34(8,9)10/h1,15,22-26,28H,2,16-21H2,3-13H3,(H,37,44)(H,38,43)(H2,39,40,46)/t23?,24?,25-,26-,28+,36-/m0/s1. The van der Waals surface area contributed by atoms with Gasteiger partial charge in [-0.25, -0.2) is 13.2 Å². The summed E-state index contributed by atoms with van der Waals surface area (Å²) in [7, 11) is -3.62. The number of terminal acetylenes is 1. The third kappa shape index (κ3) is 10.1. The Morgan fingerprint density at radius 1 is 1.04 bits per heavy atom. The number of urea groups is 1. The van der Waals surface area contributed by atoms with Crippen molar-refractivity contribution in [3.8, 4) is 12.3 Å². The van der Waals surface area contributed by atoms with Crippen molar-refractivity contribution in [1.82, 2.24) is 26.2 Å². The summed E-state index contributed by atoms with van der Waals surface area (Å²) in [4.78, 5) is 69.0. The summed E-state index contributed by atoms with van der Waals surface area (Å²) in [6.07, 6.45) is 7.40. The van der Waals surface area contributed by atoms with Crippen LogP contribution in [0.15, 0.2) is 12.7 Å². The molecule has 49 heavy (non-hydrogen) atoms. The first-order valence-corrected chi connectivity index (χ1v) is 18.7. The molecule has 1 aliphatic heterocycles. The average molecular weight is 706 g/mol. The van der Waals surface area contributed by atoms with Crippen molar-refractivity contribution < 1.29 is 32.4 Å². The second-order valence-corrected chi connectivity index (χ2v) is 19.7. The topological polar surface area (TPSA) is 171 Å². The molecule has 0 aromatic rings. The molecule has 276 valence electrons. The van der Waals surface area contributed by atoms with Crippen LogP contribution in [0.4, 0.5) is 4.79 Å². The smallest absolute Gasteiger partial charge is 0.315 e. The first-order valence-electron chi connectivity index (χ1n) is 17.0. The molecule has 0 spiro atoms. The van der Waals surface area contributed by atoms with Gasteiger partial charge in [-0.15, -0.1) is 18.9 Å². The van der Waals surface area contributed by atoms with Crippen LogP contribution in [0, 0.1) is 40.9 Å². The number of hydrogen-bond acceptors (Lipinski definition) is 7. The maximum absolute atomic E-state index is 14.4. The molecule has 2 aliphatic rings. The van der Waals surface area contributed by atoms with Crippen molar-refractivity contribution in [2.24, 2.45) is 28.6 Å². The van der Waals surface area contributed by atoms with Gasteiger partial charge in [-0.1, -0.05) is 54.5 Å². The molecule has 4 N–H and O–H groups in total. The number of nitrogens with zero attached hydrogens (tertiary/aromatic N) is 1. The first kappa shape index (κ1) is 41.8. The van der Waals surface area contributed by atoms with Crippen LogP contribution in [-0.4, -0.2) is 90.1 Å². The van der Waals surface area contributed by atoms with E-state index in [1.165, 1.54) is 11.0 Å². The Hall–Kier alpha value is -3.40. The summed E-state index contributed by atoms with van der Waals surface area (Å²) in [5.74, 6) is -0.780. The zero-order valence-corrected chi connectivity index (χ0v) is 32.1. The molecule has 1 heterocycles. The summed E-state index contributed by atoms with van der Waals surface area (Å²) >= 11 is 0. The predicted octanol–water partition coefficient (Wildman–Crippen LogP) is 2.97. The Morgan fingerprint density at radius 2 is 1.63 bits per heavy atom. The maximum Gasteiger partial charge on any atom is 0.315 e. The number of likely N-dealkylation sites (tertiary alicyclic amines) is 1. The number of amides is 5. The molecule has 2 fully saturated rings. The summed E-state index contributed by atoms with van der Waals surface area (Å²) < 4.78 is 25.4. The molecule has 0 bridgehead atoms. The minimum Gasteiger partial charge on any atom is -0.346 e. The van der Waals surface area contributed by atoms with E-state index in [1.807, 2.05) is 27.7 Å². The van der Waals surface area contributed by atoms with Gasteiger partial charge in [-0.3, -0.25) is 19.2 Å². The van der Waals surface area contributed by atoms with Gasteiger partial charge in [-0.05, 0) is 69.1 Å². The number of carbonyl (C=O) groups excluding carboxylic acids is 5. The van der Waals surface area contributed by atoms with E-state index in [0.717, 1.165) is 0 Å². The molecule has 12 nitrogen and oxygen atoms in total. The number of nitrogens with one attached hydrogen (secondary N) is 4. The van der Waals surface area contributed by atoms with Crippen molar-refractivity contribution in [2.45, 2.75) is 124 Å². The Bertz CT molecular complexity index is 1450. The van der Waals surface area contributed by atoms with E-state index < -0.39 is 73.2 Å². The van der Waals surface area contributed by atoms with E-state index in [2.05, 4.69) is 33.8 Å². The zero-order chi connectivity index (χ0) is 37.9. The van der Waals surface area contributed by atoms with E-state index in [-0.39, 0.29) is 54.9 Å². The molecule has 1 saturated heterocycles. The van der Waals surface area contributed by atoms with Gasteiger partial charge >= 0.3 is 6.03 Å². The van der Waals surface area contributed by atoms with E-state index in [4.69, 9.17) is 6.42 Å². The van der Waals surface area contributed by atoms with Crippen molar-refractivity contribution in [1.29, 1.82) is 0 Å². The predicted molar refractivity (Wildman–Crippen MR) is 191 cm³/mol. The molecule has 2 unspecified atom stereocenters. The molecule has 1 aliphatic carbocycles. The van der Waals surface area contributed by atoms with Crippen LogP contribution in [0.1, 0.15) is 95.4 Å². The quantitative estimate of drug-likeness (QED) is 0.115. The minimum atomic E-state index is -3.62. The largest absolute Gasteiger partial charge is 0.346 e. The van der Waals surface area contributed by atoms with Gasteiger partial charge in [0.25, 0.3) is 5.91 Å². The highest BCUT2D eigenvalue weighted by atomic mass is 32.2. The highest BCUT2D eigenvalue weighted by Crippen LogP contribution is 2.65. The molecule has 0 radical (unpaired) electrons. The fraction of sp³-hybridized carbons (Fsp3) is 0.750. The van der Waals surface area contributed by atoms with Crippen molar-refractivity contribution in [2.75, 3.05) is 18.8 Å². The van der Waals surface area contributed by atoms with Crippen LogP contribution in [0.3, 0.4) is 0 Å². The lowest BCUT2D eigenvalue weighted by molar-refractivity contribution is -0.145. The lowest BCUT2D eigenvalue weighted by Gasteiger charge is -2.39. The molecule has 0 aromatic heterocycles. The summed E-state index contributed by atoms with van der Waals surface area (Å²) in [6, 6.07) is -3.94. The van der Waals surface area contributed by atoms with Crippen LogP contribution >= 0.6 is 0 Å². The molecule has 6 atom stereocenters. The second-order valence-electron chi connectivity index (χ2n) is 17.0. The van der Waals surface area contributed by atoms with Gasteiger partial charge in [0.1, 0.15) is 12.1 Å². The number of ketones is 1. The molecule has 1 saturated carbocycles. The highest BCUT2D eigenvalue weighted by Gasteiger charge is 2.70. The van der Waals surface area contributed by atoms with Crippen molar-refractivity contribution in [3.63, 3.8) is 0 Å². The van der Waals surface area contributed by atoms with Crippen LogP contribution in [0.25, 0.3) is 0 Å². The number of piperidine rings is 1. The molecular formula is C36H59N5O7S. The zero-order valence-electron chi connectivity index (χ0n) is 31.3. The second kappa shape index (κ2) is 15.2. The fourth-order valence-corrected chi connectivity index (χ4v) is 8.38. The lowest BCUT2D eigenvalue weighted by Crippen LogP contribution is -2.63. The third-order valence-corrected chi connectivity index (χ3v) is 12.6. The van der Waals surface area contributed by atoms with Crippen LogP contribution in [0.5, 0.6) is 0 Å². The number of hydrogen-bond donors (Lipinski definition) is 4. The van der Waals surface area contributed by atoms with Crippen LogP contribution in [-0.2, 0) is 29.0 Å². The number of Topliss-reactive ketones (excluding diaryl/α,β-unsaturated/α-hetero) is 1. The number of rotatable bonds is 15. The normalized spacial score (nSPS) is 22.4. The lowest BCUT2D eigenvalue weighted by atomic mass is 9.85. The molecule has 0 aromatic carbocycles. The summed E-state index contributed by atoms with van der Waals surface area (Å²) in [5, 5.41) is 10.8. The SMILES string of the molecule is C#CCCC(NC(=O)[C@@H]1[C@@H]2C(CN1C(=O)[C@@H](NC(=O)N[C@@](C)(CC(C)C)CS(=O)(=O)C(C)(C)C)C(C)(C)C)C2(C)C)C(=O)C(=O)NCC=C. The van der Waals surface area contributed by atoms with Gasteiger partial charge in [0.05, 0.1) is 22.1 Å². The average Bonchev–Trinajstić information content (AvgIpc) is 3.25. The minimum absolute atomic E-state index is 0.00864. The summed E-state index contributed by atoms with van der Waals surface area (Å²) in [6.45, 7) is 23.7. The molecule has 13 heteroatoms. The Labute approximate surface area is 293 Å². The highest BCUT2D eigenvalue weighted by molar-refractivity contribution is 7.92. The van der Waals surface area contributed by atoms with Gasteiger partial charge in [0.2, 0.25) is 17.6 Å². The maximum atomic E-state index is 14.4. The van der Waals surface area contributed by atoms with Crippen molar-refractivity contribution in [3.05, 3.63) is 12.7 Å². The van der Waals surface area contributed by atoms with Gasteiger partial charge in [0.15, 0.2) is 9.84 Å². The van der Waals surface area contributed by atoms with E-state index in [0.29, 0.717) is 6.42 Å². The Kier molecular flexibility index (Phi) is 13.0. The molecular weight excluding hydrogens is 646 g/mol. The number of carbonyl (C=O) groups is 5. The molecule has 2 rings (SSSR count). The van der Waals surface area contributed by atoms with E-state index in [9.17, 15) is 32.4 Å². The monoisotopic (exact) mass is 705 g/mol. The van der Waals surface area contributed by atoms with E-state index in [1.54, 1.807) is 48.5 Å². The number of sulfone groups is 1. The van der Waals surface area contributed by atoms with Gasteiger partial charge in [-0.2, -0.15) is 0 Å². The first-order chi connectivity index (χ1) is 22.2. The Balaban J connectivity index is 2.39. The van der Waals surface area contributed by atoms with Crippen LogP contribution in [0.2, 0.25) is 0 Å². The van der Waals surface area contributed by atoms with E-state index >= 15 is 0 Å².